The van der Waals surface area contributed by atoms with Crippen LogP contribution in [-0.4, -0.2) is 42.4 Å². The summed E-state index contributed by atoms with van der Waals surface area (Å²) in [7, 11) is 1.46. The lowest BCUT2D eigenvalue weighted by Crippen LogP contribution is -2.38. The van der Waals surface area contributed by atoms with Crippen molar-refractivity contribution in [1.82, 2.24) is 10.2 Å². The Morgan fingerprint density at radius 3 is 2.48 bits per heavy atom. The van der Waals surface area contributed by atoms with Gasteiger partial charge in [-0.25, -0.2) is 9.69 Å². The first-order chi connectivity index (χ1) is 13.9. The molecule has 9 heteroatoms. The second-order valence-corrected chi connectivity index (χ2v) is 6.04. The summed E-state index contributed by atoms with van der Waals surface area (Å²) in [6.45, 7) is -0.482. The number of imide groups is 1. The van der Waals surface area contributed by atoms with Gasteiger partial charge in [0.1, 0.15) is 18.0 Å². The summed E-state index contributed by atoms with van der Waals surface area (Å²) < 4.78 is 5.14. The highest BCUT2D eigenvalue weighted by molar-refractivity contribution is 6.16. The van der Waals surface area contributed by atoms with E-state index in [-0.39, 0.29) is 11.3 Å². The van der Waals surface area contributed by atoms with Crippen LogP contribution in [0.25, 0.3) is 6.08 Å². The van der Waals surface area contributed by atoms with Crippen LogP contribution in [0.2, 0.25) is 0 Å². The number of rotatable bonds is 6. The molecule has 2 aromatic carbocycles. The molecule has 2 N–H and O–H groups in total. The molecule has 1 saturated heterocycles. The van der Waals surface area contributed by atoms with Gasteiger partial charge in [-0.15, -0.1) is 0 Å². The Morgan fingerprint density at radius 2 is 1.83 bits per heavy atom. The highest BCUT2D eigenvalue weighted by atomic mass is 16.5. The van der Waals surface area contributed by atoms with E-state index in [1.165, 1.54) is 37.5 Å². The van der Waals surface area contributed by atoms with Gasteiger partial charge in [-0.2, -0.15) is 0 Å². The summed E-state index contributed by atoms with van der Waals surface area (Å²) >= 11 is 0. The molecular weight excluding hydrogens is 378 g/mol. The largest absolute Gasteiger partial charge is 0.545 e. The molecule has 0 spiro atoms. The molecule has 0 radical (unpaired) electrons. The van der Waals surface area contributed by atoms with Crippen molar-refractivity contribution < 1.29 is 29.0 Å². The topological polar surface area (TPSA) is 128 Å². The summed E-state index contributed by atoms with van der Waals surface area (Å²) in [4.78, 5) is 48.4. The number of urea groups is 1. The molecule has 0 bridgehead atoms. The zero-order valence-corrected chi connectivity index (χ0v) is 15.3. The molecule has 0 atom stereocenters. The minimum atomic E-state index is -1.32. The Labute approximate surface area is 165 Å². The number of anilines is 1. The number of nitrogens with one attached hydrogen (secondary N) is 2. The van der Waals surface area contributed by atoms with E-state index in [0.29, 0.717) is 17.0 Å². The lowest BCUT2D eigenvalue weighted by atomic mass is 10.1. The quantitative estimate of drug-likeness (QED) is 0.545. The Balaban J connectivity index is 1.70. The fraction of sp³-hybridized carbons (Fsp3) is 0.100. The predicted molar refractivity (Wildman–Crippen MR) is 101 cm³/mol. The van der Waals surface area contributed by atoms with E-state index in [4.69, 9.17) is 4.74 Å². The Bertz CT molecular complexity index is 1010. The molecule has 3 rings (SSSR count). The number of aromatic carboxylic acids is 1. The Hall–Kier alpha value is -4.14. The van der Waals surface area contributed by atoms with Crippen LogP contribution < -0.4 is 20.5 Å². The fourth-order valence-corrected chi connectivity index (χ4v) is 2.68. The molecule has 2 aromatic rings. The van der Waals surface area contributed by atoms with Gasteiger partial charge in [0.25, 0.3) is 5.91 Å². The molecule has 9 nitrogen and oxygen atoms in total. The third-order valence-corrected chi connectivity index (χ3v) is 4.10. The van der Waals surface area contributed by atoms with Crippen molar-refractivity contribution >= 4 is 35.6 Å². The summed E-state index contributed by atoms with van der Waals surface area (Å²) in [6, 6.07) is 11.6. The first-order valence-corrected chi connectivity index (χ1v) is 8.48. The fourth-order valence-electron chi connectivity index (χ4n) is 2.68. The number of ether oxygens (including phenoxy) is 1. The van der Waals surface area contributed by atoms with E-state index in [0.717, 1.165) is 4.90 Å². The van der Waals surface area contributed by atoms with Crippen LogP contribution in [0.4, 0.5) is 10.5 Å². The number of benzene rings is 2. The normalized spacial score (nSPS) is 14.7. The molecule has 0 saturated carbocycles. The average Bonchev–Trinajstić information content (AvgIpc) is 2.96. The monoisotopic (exact) mass is 394 g/mol. The Morgan fingerprint density at radius 1 is 1.14 bits per heavy atom. The smallest absolute Gasteiger partial charge is 0.329 e. The van der Waals surface area contributed by atoms with Crippen LogP contribution in [0.15, 0.2) is 54.2 Å². The number of methoxy groups -OCH3 is 1. The number of carbonyl (C=O) groups is 4. The van der Waals surface area contributed by atoms with Crippen molar-refractivity contribution in [2.45, 2.75) is 0 Å². The zero-order chi connectivity index (χ0) is 21.0. The molecular formula is C20H16N3O6-. The molecule has 148 valence electrons. The molecule has 0 unspecified atom stereocenters. The van der Waals surface area contributed by atoms with E-state index in [2.05, 4.69) is 10.6 Å². The summed E-state index contributed by atoms with van der Waals surface area (Å²) in [5.74, 6) is -2.12. The minimum absolute atomic E-state index is 0.0106. The first kappa shape index (κ1) is 19.6. The van der Waals surface area contributed by atoms with Gasteiger partial charge in [0, 0.05) is 0 Å². The summed E-state index contributed by atoms with van der Waals surface area (Å²) in [5.41, 5.74) is 0.875. The third-order valence-electron chi connectivity index (χ3n) is 4.10. The maximum Gasteiger partial charge on any atom is 0.329 e. The average molecular weight is 394 g/mol. The van der Waals surface area contributed by atoms with Crippen LogP contribution in [0.1, 0.15) is 15.9 Å². The van der Waals surface area contributed by atoms with Gasteiger partial charge < -0.3 is 25.3 Å². The number of amides is 4. The third kappa shape index (κ3) is 4.41. The maximum absolute atomic E-state index is 12.5. The number of hydrogen-bond acceptors (Lipinski definition) is 6. The molecule has 0 aromatic heterocycles. The van der Waals surface area contributed by atoms with Gasteiger partial charge in [0.2, 0.25) is 5.91 Å². The summed E-state index contributed by atoms with van der Waals surface area (Å²) in [5, 5.41) is 15.8. The van der Waals surface area contributed by atoms with Crippen LogP contribution in [0.5, 0.6) is 5.75 Å². The highest BCUT2D eigenvalue weighted by Crippen LogP contribution is 2.23. The predicted octanol–water partition coefficient (Wildman–Crippen LogP) is 0.590. The highest BCUT2D eigenvalue weighted by Gasteiger charge is 2.35. The van der Waals surface area contributed by atoms with Crippen molar-refractivity contribution in [2.75, 3.05) is 19.0 Å². The van der Waals surface area contributed by atoms with E-state index in [1.807, 2.05) is 0 Å². The molecule has 1 fully saturated rings. The second-order valence-electron chi connectivity index (χ2n) is 6.04. The van der Waals surface area contributed by atoms with E-state index in [1.54, 1.807) is 24.3 Å². The SMILES string of the molecule is COc1ccccc1NC(=O)CN1C(=O)N/C(=C/c2ccc(C(=O)[O-])cc2)C1=O. The van der Waals surface area contributed by atoms with Gasteiger partial charge in [0.15, 0.2) is 0 Å². The second kappa shape index (κ2) is 8.26. The van der Waals surface area contributed by atoms with Crippen LogP contribution in [0.3, 0.4) is 0 Å². The Kier molecular flexibility index (Phi) is 5.59. The number of hydrogen-bond donors (Lipinski definition) is 2. The van der Waals surface area contributed by atoms with E-state index in [9.17, 15) is 24.3 Å². The first-order valence-electron chi connectivity index (χ1n) is 8.48. The molecule has 1 aliphatic heterocycles. The lowest BCUT2D eigenvalue weighted by Gasteiger charge is -2.13. The number of carboxylic acids is 1. The van der Waals surface area contributed by atoms with Gasteiger partial charge in [0.05, 0.1) is 18.8 Å². The van der Waals surface area contributed by atoms with Gasteiger partial charge in [-0.05, 0) is 29.3 Å². The number of carboxylic acid groups (broad SMARTS) is 1. The van der Waals surface area contributed by atoms with Crippen molar-refractivity contribution in [3.63, 3.8) is 0 Å². The van der Waals surface area contributed by atoms with Crippen LogP contribution in [0, 0.1) is 0 Å². The standard InChI is InChI=1S/C20H17N3O6/c1-29-16-5-3-2-4-14(16)21-17(24)11-23-18(25)15(22-20(23)28)10-12-6-8-13(9-7-12)19(26)27/h2-10H,11H2,1H3,(H,21,24)(H,22,28)(H,26,27)/p-1/b15-10+. The maximum atomic E-state index is 12.5. The van der Waals surface area contributed by atoms with Crippen molar-refractivity contribution in [3.05, 3.63) is 65.4 Å². The van der Waals surface area contributed by atoms with Crippen molar-refractivity contribution in [3.8, 4) is 5.75 Å². The summed E-state index contributed by atoms with van der Waals surface area (Å²) in [6.07, 6.45) is 1.39. The van der Waals surface area contributed by atoms with Crippen LogP contribution in [-0.2, 0) is 9.59 Å². The molecule has 4 amide bonds. The van der Waals surface area contributed by atoms with Gasteiger partial charge >= 0.3 is 6.03 Å². The molecule has 29 heavy (non-hydrogen) atoms. The molecule has 0 aliphatic carbocycles. The molecule has 1 heterocycles. The van der Waals surface area contributed by atoms with Crippen molar-refractivity contribution in [1.29, 1.82) is 0 Å². The number of para-hydroxylation sites is 2. The molecule has 1 aliphatic rings. The lowest BCUT2D eigenvalue weighted by molar-refractivity contribution is -0.255. The minimum Gasteiger partial charge on any atom is -0.545 e. The van der Waals surface area contributed by atoms with Gasteiger partial charge in [-0.1, -0.05) is 36.4 Å². The number of nitrogens with zero attached hydrogens (tertiary/aromatic N) is 1. The van der Waals surface area contributed by atoms with Gasteiger partial charge in [-0.3, -0.25) is 9.59 Å². The van der Waals surface area contributed by atoms with Crippen molar-refractivity contribution in [2.24, 2.45) is 0 Å². The van der Waals surface area contributed by atoms with E-state index < -0.39 is 30.4 Å². The van der Waals surface area contributed by atoms with Crippen LogP contribution >= 0.6 is 0 Å². The van der Waals surface area contributed by atoms with E-state index >= 15 is 0 Å². The zero-order valence-electron chi connectivity index (χ0n) is 15.3. The number of carbonyl (C=O) groups excluding carboxylic acids is 4.